The summed E-state index contributed by atoms with van der Waals surface area (Å²) >= 11 is 0. The highest BCUT2D eigenvalue weighted by Crippen LogP contribution is 2.27. The molecule has 0 amide bonds. The van der Waals surface area contributed by atoms with Crippen LogP contribution in [0.3, 0.4) is 0 Å². The van der Waals surface area contributed by atoms with Crippen molar-refractivity contribution in [3.8, 4) is 0 Å². The fraction of sp³-hybridized carbons (Fsp3) is 0.625. The number of rotatable bonds is 2. The van der Waals surface area contributed by atoms with Gasteiger partial charge in [-0.25, -0.2) is 0 Å². The molecule has 104 valence electrons. The summed E-state index contributed by atoms with van der Waals surface area (Å²) < 4.78 is 0. The van der Waals surface area contributed by atoms with Crippen LogP contribution in [-0.2, 0) is 6.54 Å². The van der Waals surface area contributed by atoms with Gasteiger partial charge in [0.1, 0.15) is 0 Å². The van der Waals surface area contributed by atoms with E-state index in [1.165, 1.54) is 55.7 Å². The van der Waals surface area contributed by atoms with E-state index in [-0.39, 0.29) is 0 Å². The Labute approximate surface area is 116 Å². The third kappa shape index (κ3) is 2.63. The standard InChI is InChI=1S/C16H25N3/c1-13-5-6-16(14(10-13)11-17)19-9-8-18-7-3-2-4-15(18)12-19/h5-6,10,15H,2-4,7-9,11-12,17H2,1H3. The van der Waals surface area contributed by atoms with E-state index in [0.717, 1.165) is 12.6 Å². The second-order valence-corrected chi connectivity index (χ2v) is 5.97. The van der Waals surface area contributed by atoms with Crippen LogP contribution in [0.2, 0.25) is 0 Å². The van der Waals surface area contributed by atoms with Crippen LogP contribution >= 0.6 is 0 Å². The van der Waals surface area contributed by atoms with E-state index >= 15 is 0 Å². The SMILES string of the molecule is Cc1ccc(N2CCN3CCCCC3C2)c(CN)c1. The number of aryl methyl sites for hydroxylation is 1. The molecule has 2 saturated heterocycles. The van der Waals surface area contributed by atoms with Gasteiger partial charge in [-0.3, -0.25) is 4.90 Å². The summed E-state index contributed by atoms with van der Waals surface area (Å²) in [5, 5.41) is 0. The summed E-state index contributed by atoms with van der Waals surface area (Å²) in [6.07, 6.45) is 4.14. The Morgan fingerprint density at radius 3 is 2.95 bits per heavy atom. The second kappa shape index (κ2) is 5.51. The second-order valence-electron chi connectivity index (χ2n) is 5.97. The van der Waals surface area contributed by atoms with E-state index in [9.17, 15) is 0 Å². The molecule has 19 heavy (non-hydrogen) atoms. The fourth-order valence-corrected chi connectivity index (χ4v) is 3.56. The van der Waals surface area contributed by atoms with Gasteiger partial charge in [0.05, 0.1) is 0 Å². The van der Waals surface area contributed by atoms with Gasteiger partial charge in [-0.1, -0.05) is 24.1 Å². The van der Waals surface area contributed by atoms with Crippen LogP contribution in [0.1, 0.15) is 30.4 Å². The van der Waals surface area contributed by atoms with Crippen LogP contribution in [0.5, 0.6) is 0 Å². The average Bonchev–Trinajstić information content (AvgIpc) is 2.46. The lowest BCUT2D eigenvalue weighted by Crippen LogP contribution is -2.55. The quantitative estimate of drug-likeness (QED) is 0.883. The van der Waals surface area contributed by atoms with Crippen molar-refractivity contribution in [1.82, 2.24) is 4.90 Å². The van der Waals surface area contributed by atoms with Gasteiger partial charge in [0.2, 0.25) is 0 Å². The maximum absolute atomic E-state index is 5.92. The van der Waals surface area contributed by atoms with E-state index in [1.807, 2.05) is 0 Å². The molecular weight excluding hydrogens is 234 g/mol. The smallest absolute Gasteiger partial charge is 0.0412 e. The van der Waals surface area contributed by atoms with Gasteiger partial charge in [0, 0.05) is 37.9 Å². The lowest BCUT2D eigenvalue weighted by Gasteiger charge is -2.45. The Bertz CT molecular complexity index is 444. The molecule has 2 N–H and O–H groups in total. The number of fused-ring (bicyclic) bond motifs is 1. The predicted molar refractivity (Wildman–Crippen MR) is 80.5 cm³/mol. The molecule has 0 radical (unpaired) electrons. The Morgan fingerprint density at radius 2 is 2.11 bits per heavy atom. The highest BCUT2D eigenvalue weighted by Gasteiger charge is 2.29. The van der Waals surface area contributed by atoms with Crippen molar-refractivity contribution in [1.29, 1.82) is 0 Å². The lowest BCUT2D eigenvalue weighted by molar-refractivity contribution is 0.133. The molecule has 1 unspecified atom stereocenters. The van der Waals surface area contributed by atoms with E-state index in [2.05, 4.69) is 34.9 Å². The number of hydrogen-bond donors (Lipinski definition) is 1. The van der Waals surface area contributed by atoms with Gasteiger partial charge in [-0.15, -0.1) is 0 Å². The van der Waals surface area contributed by atoms with E-state index in [4.69, 9.17) is 5.73 Å². The Balaban J connectivity index is 1.79. The molecule has 1 aromatic carbocycles. The van der Waals surface area contributed by atoms with E-state index in [1.54, 1.807) is 0 Å². The van der Waals surface area contributed by atoms with E-state index < -0.39 is 0 Å². The first kappa shape index (κ1) is 12.9. The van der Waals surface area contributed by atoms with Crippen molar-refractivity contribution in [3.63, 3.8) is 0 Å². The molecule has 2 heterocycles. The van der Waals surface area contributed by atoms with Crippen molar-refractivity contribution in [2.24, 2.45) is 5.73 Å². The van der Waals surface area contributed by atoms with E-state index in [0.29, 0.717) is 6.54 Å². The van der Waals surface area contributed by atoms with Crippen LogP contribution in [0.15, 0.2) is 18.2 Å². The van der Waals surface area contributed by atoms with Gasteiger partial charge in [-0.05, 0) is 37.9 Å². The number of nitrogens with zero attached hydrogens (tertiary/aromatic N) is 2. The molecule has 3 nitrogen and oxygen atoms in total. The third-order valence-electron chi connectivity index (χ3n) is 4.63. The minimum atomic E-state index is 0.641. The number of piperidine rings is 1. The summed E-state index contributed by atoms with van der Waals surface area (Å²) in [6.45, 7) is 7.62. The van der Waals surface area contributed by atoms with Crippen molar-refractivity contribution in [2.45, 2.75) is 38.8 Å². The van der Waals surface area contributed by atoms with Gasteiger partial charge in [0.25, 0.3) is 0 Å². The highest BCUT2D eigenvalue weighted by atomic mass is 15.3. The van der Waals surface area contributed by atoms with Gasteiger partial charge < -0.3 is 10.6 Å². The zero-order valence-corrected chi connectivity index (χ0v) is 11.9. The van der Waals surface area contributed by atoms with Crippen LogP contribution in [0.4, 0.5) is 5.69 Å². The Hall–Kier alpha value is -1.06. The maximum Gasteiger partial charge on any atom is 0.0412 e. The summed E-state index contributed by atoms with van der Waals surface area (Å²) in [7, 11) is 0. The molecule has 0 bridgehead atoms. The average molecular weight is 259 g/mol. The molecule has 2 aliphatic rings. The molecule has 3 heteroatoms. The van der Waals surface area contributed by atoms with Crippen LogP contribution < -0.4 is 10.6 Å². The monoisotopic (exact) mass is 259 g/mol. The summed E-state index contributed by atoms with van der Waals surface area (Å²) in [5.74, 6) is 0. The summed E-state index contributed by atoms with van der Waals surface area (Å²) in [4.78, 5) is 5.23. The Kier molecular flexibility index (Phi) is 3.76. The highest BCUT2D eigenvalue weighted by molar-refractivity contribution is 5.55. The number of anilines is 1. The number of hydrogen-bond acceptors (Lipinski definition) is 3. The minimum absolute atomic E-state index is 0.641. The van der Waals surface area contributed by atoms with Crippen LogP contribution in [0.25, 0.3) is 0 Å². The first-order valence-electron chi connectivity index (χ1n) is 7.56. The summed E-state index contributed by atoms with van der Waals surface area (Å²) in [5.41, 5.74) is 9.88. The van der Waals surface area contributed by atoms with Gasteiger partial charge in [-0.2, -0.15) is 0 Å². The molecule has 1 atom stereocenters. The fourth-order valence-electron chi connectivity index (χ4n) is 3.56. The van der Waals surface area contributed by atoms with Crippen LogP contribution in [0, 0.1) is 6.92 Å². The van der Waals surface area contributed by atoms with Crippen molar-refractivity contribution in [3.05, 3.63) is 29.3 Å². The number of piperazine rings is 1. The molecule has 0 aromatic heterocycles. The first-order chi connectivity index (χ1) is 9.28. The molecule has 2 aliphatic heterocycles. The zero-order chi connectivity index (χ0) is 13.2. The molecular formula is C16H25N3. The number of benzene rings is 1. The molecule has 1 aromatic rings. The van der Waals surface area contributed by atoms with Crippen LogP contribution in [-0.4, -0.2) is 37.1 Å². The largest absolute Gasteiger partial charge is 0.368 e. The lowest BCUT2D eigenvalue weighted by atomic mass is 9.98. The molecule has 0 spiro atoms. The first-order valence-corrected chi connectivity index (χ1v) is 7.56. The summed E-state index contributed by atoms with van der Waals surface area (Å²) in [6, 6.07) is 7.47. The third-order valence-corrected chi connectivity index (χ3v) is 4.63. The topological polar surface area (TPSA) is 32.5 Å². The van der Waals surface area contributed by atoms with Crippen molar-refractivity contribution in [2.75, 3.05) is 31.1 Å². The van der Waals surface area contributed by atoms with Gasteiger partial charge in [0.15, 0.2) is 0 Å². The normalized spacial score (nSPS) is 24.3. The number of nitrogens with two attached hydrogens (primary N) is 1. The molecule has 0 saturated carbocycles. The van der Waals surface area contributed by atoms with Gasteiger partial charge >= 0.3 is 0 Å². The van der Waals surface area contributed by atoms with Crippen molar-refractivity contribution < 1.29 is 0 Å². The zero-order valence-electron chi connectivity index (χ0n) is 11.9. The molecule has 0 aliphatic carbocycles. The molecule has 3 rings (SSSR count). The maximum atomic E-state index is 5.92. The minimum Gasteiger partial charge on any atom is -0.368 e. The predicted octanol–water partition coefficient (Wildman–Crippen LogP) is 2.13. The Morgan fingerprint density at radius 1 is 1.21 bits per heavy atom. The van der Waals surface area contributed by atoms with Crippen molar-refractivity contribution >= 4 is 5.69 Å². The molecule has 2 fully saturated rings.